The molecule has 10 aromatic rings. The van der Waals surface area contributed by atoms with E-state index in [9.17, 15) is 0 Å². The molecule has 0 fully saturated rings. The molecule has 0 spiro atoms. The lowest BCUT2D eigenvalue weighted by Crippen LogP contribution is -2.32. The maximum absolute atomic E-state index is 2.54. The molecule has 1 unspecified atom stereocenters. The molecular formula is C61H45NS. The van der Waals surface area contributed by atoms with Crippen molar-refractivity contribution in [3.63, 3.8) is 0 Å². The molecule has 0 saturated heterocycles. The smallest absolute Gasteiger partial charge is 0.0640 e. The van der Waals surface area contributed by atoms with Crippen molar-refractivity contribution >= 4 is 60.2 Å². The molecule has 1 nitrogen and oxygen atoms in total. The van der Waals surface area contributed by atoms with Crippen LogP contribution in [-0.4, -0.2) is 0 Å². The van der Waals surface area contributed by atoms with Crippen molar-refractivity contribution < 1.29 is 0 Å². The molecule has 2 aliphatic rings. The van der Waals surface area contributed by atoms with Gasteiger partial charge in [0, 0.05) is 32.1 Å². The fourth-order valence-electron chi connectivity index (χ4n) is 10.7. The Morgan fingerprint density at radius 2 is 1.19 bits per heavy atom. The van der Waals surface area contributed by atoms with Gasteiger partial charge >= 0.3 is 0 Å². The van der Waals surface area contributed by atoms with Crippen LogP contribution in [0.1, 0.15) is 47.6 Å². The van der Waals surface area contributed by atoms with Crippen molar-refractivity contribution in [1.82, 2.24) is 0 Å². The summed E-state index contributed by atoms with van der Waals surface area (Å²) in [5, 5.41) is 5.26. The fraction of sp³-hybridized carbons (Fsp3) is 0.0820. The summed E-state index contributed by atoms with van der Waals surface area (Å²) < 4.78 is 2.60. The van der Waals surface area contributed by atoms with E-state index in [2.05, 4.69) is 231 Å². The highest BCUT2D eigenvalue weighted by Gasteiger charge is 2.40. The van der Waals surface area contributed by atoms with Gasteiger partial charge in [-0.2, -0.15) is 0 Å². The van der Waals surface area contributed by atoms with E-state index in [1.807, 2.05) is 11.3 Å². The minimum atomic E-state index is -0.252. The third kappa shape index (κ3) is 6.04. The topological polar surface area (TPSA) is 3.24 Å². The largest absolute Gasteiger partial charge is 0.308 e. The molecule has 1 atom stereocenters. The van der Waals surface area contributed by atoms with E-state index in [-0.39, 0.29) is 5.41 Å². The van der Waals surface area contributed by atoms with Crippen LogP contribution < -0.4 is 15.3 Å². The number of hydrogen-bond acceptors (Lipinski definition) is 2. The minimum absolute atomic E-state index is 0.252. The van der Waals surface area contributed by atoms with E-state index < -0.39 is 0 Å². The first-order valence-electron chi connectivity index (χ1n) is 22.1. The summed E-state index contributed by atoms with van der Waals surface area (Å²) in [4.78, 5) is 2.54. The Balaban J connectivity index is 1.06. The van der Waals surface area contributed by atoms with E-state index in [1.165, 1.54) is 109 Å². The summed E-state index contributed by atoms with van der Waals surface area (Å²) in [5.74, 6) is 0. The molecule has 12 rings (SSSR count). The number of fused-ring (bicyclic) bond motifs is 7. The van der Waals surface area contributed by atoms with Crippen LogP contribution in [-0.2, 0) is 5.41 Å². The van der Waals surface area contributed by atoms with Crippen molar-refractivity contribution in [3.8, 4) is 33.4 Å². The van der Waals surface area contributed by atoms with Crippen LogP contribution in [0.4, 0.5) is 17.1 Å². The quantitative estimate of drug-likeness (QED) is 0.155. The van der Waals surface area contributed by atoms with E-state index in [4.69, 9.17) is 0 Å². The molecule has 0 N–H and O–H groups in total. The standard InChI is InChI=1S/C61H45NS/c1-40-30-37-56(53(38-40)51-25-14-19-43-18-13-24-47(59(43)51)42-16-5-3-6-17-42)62(57-28-15-26-52-50-23-10-12-29-58(50)63-60(52)57)46-34-31-41(32-35-46)44-33-36-49-48-22-9-11-27-54(48)61(2,55(49)39-44)45-20-7-4-8-21-45/h3-13,15-24,26-39H,14,25H2,1-2H3. The second kappa shape index (κ2) is 15.0. The number of thiophene rings is 1. The summed E-state index contributed by atoms with van der Waals surface area (Å²) in [6.07, 6.45) is 4.40. The summed E-state index contributed by atoms with van der Waals surface area (Å²) in [5.41, 5.74) is 18.9. The Labute approximate surface area is 373 Å². The zero-order valence-corrected chi connectivity index (χ0v) is 36.3. The average Bonchev–Trinajstić information content (AvgIpc) is 3.86. The third-order valence-electron chi connectivity index (χ3n) is 13.7. The first-order chi connectivity index (χ1) is 31.0. The van der Waals surface area contributed by atoms with Gasteiger partial charge in [0.2, 0.25) is 0 Å². The van der Waals surface area contributed by atoms with Crippen LogP contribution in [0.15, 0.2) is 206 Å². The molecule has 0 saturated carbocycles. The lowest BCUT2D eigenvalue weighted by molar-refractivity contribution is 0.714. The molecule has 0 bridgehead atoms. The fourth-order valence-corrected chi connectivity index (χ4v) is 11.9. The highest BCUT2D eigenvalue weighted by molar-refractivity contribution is 7.26. The third-order valence-corrected chi connectivity index (χ3v) is 14.9. The van der Waals surface area contributed by atoms with Crippen LogP contribution in [0.3, 0.4) is 0 Å². The predicted octanol–water partition coefficient (Wildman–Crippen LogP) is 15.3. The SMILES string of the molecule is Cc1ccc(N(c2ccc(-c3ccc4c(c3)C(C)(c3ccccc3)c3ccccc3-4)cc2)c2cccc3c2sc2ccccc23)c(C2=c3c(-c4ccccc4)cccc3=CCC2)c1. The van der Waals surface area contributed by atoms with E-state index in [0.717, 1.165) is 18.5 Å². The van der Waals surface area contributed by atoms with E-state index >= 15 is 0 Å². The molecular weight excluding hydrogens is 779 g/mol. The second-order valence-corrected chi connectivity index (χ2v) is 18.4. The van der Waals surface area contributed by atoms with Gasteiger partial charge in [0.25, 0.3) is 0 Å². The summed E-state index contributed by atoms with van der Waals surface area (Å²) >= 11 is 1.89. The van der Waals surface area contributed by atoms with Gasteiger partial charge in [0.1, 0.15) is 0 Å². The van der Waals surface area contributed by atoms with Crippen molar-refractivity contribution in [2.24, 2.45) is 0 Å². The van der Waals surface area contributed by atoms with Crippen LogP contribution >= 0.6 is 11.3 Å². The average molecular weight is 824 g/mol. The molecule has 9 aromatic carbocycles. The van der Waals surface area contributed by atoms with Crippen molar-refractivity contribution in [2.75, 3.05) is 4.90 Å². The van der Waals surface area contributed by atoms with Crippen LogP contribution in [0, 0.1) is 6.92 Å². The normalized spacial score (nSPS) is 15.2. The molecule has 63 heavy (non-hydrogen) atoms. The number of anilines is 3. The number of aryl methyl sites for hydroxylation is 1. The molecule has 300 valence electrons. The van der Waals surface area contributed by atoms with E-state index in [0.29, 0.717) is 0 Å². The summed E-state index contributed by atoms with van der Waals surface area (Å²) in [6, 6.07) is 76.9. The van der Waals surface area contributed by atoms with Crippen LogP contribution in [0.5, 0.6) is 0 Å². The van der Waals surface area contributed by atoms with Gasteiger partial charge < -0.3 is 4.90 Å². The Morgan fingerprint density at radius 1 is 0.492 bits per heavy atom. The van der Waals surface area contributed by atoms with Crippen molar-refractivity contribution in [2.45, 2.75) is 32.1 Å². The molecule has 1 aromatic heterocycles. The number of rotatable bonds is 7. The van der Waals surface area contributed by atoms with Gasteiger partial charge in [-0.15, -0.1) is 11.3 Å². The van der Waals surface area contributed by atoms with Gasteiger partial charge in [-0.25, -0.2) is 0 Å². The highest BCUT2D eigenvalue weighted by Crippen LogP contribution is 2.53. The number of nitrogens with zero attached hydrogens (tertiary/aromatic N) is 1. The molecule has 2 heteroatoms. The molecule has 0 amide bonds. The van der Waals surface area contributed by atoms with Crippen LogP contribution in [0.25, 0.3) is 65.2 Å². The highest BCUT2D eigenvalue weighted by atomic mass is 32.1. The van der Waals surface area contributed by atoms with Crippen LogP contribution in [0.2, 0.25) is 0 Å². The first-order valence-corrected chi connectivity index (χ1v) is 23.0. The second-order valence-electron chi connectivity index (χ2n) is 17.3. The maximum Gasteiger partial charge on any atom is 0.0640 e. The van der Waals surface area contributed by atoms with Gasteiger partial charge in [-0.05, 0) is 135 Å². The predicted molar refractivity (Wildman–Crippen MR) is 269 cm³/mol. The lowest BCUT2D eigenvalue weighted by atomic mass is 9.74. The van der Waals surface area contributed by atoms with Gasteiger partial charge in [-0.1, -0.05) is 175 Å². The zero-order valence-electron chi connectivity index (χ0n) is 35.5. The Bertz CT molecular complexity index is 3530. The summed E-state index contributed by atoms with van der Waals surface area (Å²) in [6.45, 7) is 4.63. The number of benzene rings is 9. The molecule has 2 aliphatic carbocycles. The molecule has 0 aliphatic heterocycles. The monoisotopic (exact) mass is 823 g/mol. The summed E-state index contributed by atoms with van der Waals surface area (Å²) in [7, 11) is 0. The minimum Gasteiger partial charge on any atom is -0.308 e. The Kier molecular flexibility index (Phi) is 8.91. The first kappa shape index (κ1) is 37.5. The van der Waals surface area contributed by atoms with Crippen molar-refractivity contribution in [3.05, 3.63) is 245 Å². The van der Waals surface area contributed by atoms with E-state index in [1.54, 1.807) is 0 Å². The van der Waals surface area contributed by atoms with Gasteiger partial charge in [0.05, 0.1) is 16.1 Å². The maximum atomic E-state index is 2.54. The lowest BCUT2D eigenvalue weighted by Gasteiger charge is -2.30. The number of hydrogen-bond donors (Lipinski definition) is 0. The Morgan fingerprint density at radius 3 is 2.05 bits per heavy atom. The molecule has 0 radical (unpaired) electrons. The molecule has 1 heterocycles. The Hall–Kier alpha value is -7.26. The van der Waals surface area contributed by atoms with Gasteiger partial charge in [-0.3, -0.25) is 0 Å². The van der Waals surface area contributed by atoms with Crippen molar-refractivity contribution in [1.29, 1.82) is 0 Å². The van der Waals surface area contributed by atoms with Gasteiger partial charge in [0.15, 0.2) is 0 Å². The zero-order chi connectivity index (χ0) is 42.1.